The van der Waals surface area contributed by atoms with Crippen molar-refractivity contribution in [1.29, 1.82) is 0 Å². The highest BCUT2D eigenvalue weighted by molar-refractivity contribution is 7.14. The number of hydrogen-bond donors (Lipinski definition) is 3. The molecule has 16 heteroatoms. The number of nitrogens with zero attached hydrogens (tertiary/aromatic N) is 2. The molecule has 292 valence electrons. The number of carboxylic acid groups (broad SMARTS) is 1. The minimum absolute atomic E-state index is 0.0275. The van der Waals surface area contributed by atoms with E-state index in [2.05, 4.69) is 10.2 Å². The number of carbonyl (C=O) groups is 2. The lowest BCUT2D eigenvalue weighted by Crippen LogP contribution is -2.52. The van der Waals surface area contributed by atoms with Crippen LogP contribution >= 0.6 is 34.5 Å². The summed E-state index contributed by atoms with van der Waals surface area (Å²) in [5.41, 5.74) is 1.33. The molecule has 4 aliphatic rings. The third-order valence-corrected chi connectivity index (χ3v) is 12.2. The first kappa shape index (κ1) is 39.2. The lowest BCUT2D eigenvalue weighted by Gasteiger charge is -2.44. The maximum atomic E-state index is 15.2. The van der Waals surface area contributed by atoms with Gasteiger partial charge in [-0.3, -0.25) is 15.4 Å². The number of ether oxygens (including phenoxy) is 3. The third kappa shape index (κ3) is 9.32. The fourth-order valence-electron chi connectivity index (χ4n) is 7.35. The summed E-state index contributed by atoms with van der Waals surface area (Å²) < 4.78 is 59.4. The van der Waals surface area contributed by atoms with Gasteiger partial charge >= 0.3 is 18.6 Å². The summed E-state index contributed by atoms with van der Waals surface area (Å²) in [5, 5.41) is 23.9. The zero-order chi connectivity index (χ0) is 38.8. The first-order valence-electron chi connectivity index (χ1n) is 18.0. The Hall–Kier alpha value is -4.08. The monoisotopic (exact) mass is 820 g/mol. The van der Waals surface area contributed by atoms with Crippen molar-refractivity contribution >= 4 is 46.5 Å². The molecular weight excluding hydrogens is 782 g/mol. The second kappa shape index (κ2) is 17.0. The maximum absolute atomic E-state index is 15.2. The highest BCUT2D eigenvalue weighted by atomic mass is 35.5. The minimum Gasteiger partial charge on any atom is -0.489 e. The smallest absolute Gasteiger partial charge is 0.387 e. The predicted octanol–water partition coefficient (Wildman–Crippen LogP) is 7.65. The number of carbonyl (C=O) groups excluding carboxylic acids is 1. The van der Waals surface area contributed by atoms with Crippen molar-refractivity contribution in [3.63, 3.8) is 0 Å². The Morgan fingerprint density at radius 2 is 1.73 bits per heavy atom. The Morgan fingerprint density at radius 3 is 2.36 bits per heavy atom. The van der Waals surface area contributed by atoms with Crippen LogP contribution in [0, 0.1) is 17.7 Å². The molecule has 5 heterocycles. The van der Waals surface area contributed by atoms with E-state index in [0.717, 1.165) is 50.1 Å². The van der Waals surface area contributed by atoms with Crippen LogP contribution in [-0.4, -0.2) is 66.1 Å². The van der Waals surface area contributed by atoms with Crippen LogP contribution in [0.3, 0.4) is 0 Å². The molecule has 1 saturated carbocycles. The number of aromatic carboxylic acids is 1. The van der Waals surface area contributed by atoms with Crippen molar-refractivity contribution < 1.29 is 52.0 Å². The van der Waals surface area contributed by atoms with Gasteiger partial charge in [0, 0.05) is 39.7 Å². The van der Waals surface area contributed by atoms with Gasteiger partial charge in [-0.05, 0) is 92.4 Å². The number of rotatable bonds is 16. The second-order valence-corrected chi connectivity index (χ2v) is 16.1. The summed E-state index contributed by atoms with van der Waals surface area (Å²) in [7, 11) is 0. The summed E-state index contributed by atoms with van der Waals surface area (Å²) in [6, 6.07) is 10.9. The molecule has 3 saturated heterocycles. The molecule has 2 aromatic carbocycles. The van der Waals surface area contributed by atoms with Crippen molar-refractivity contribution in [2.45, 2.75) is 63.3 Å². The molecule has 3 atom stereocenters. The van der Waals surface area contributed by atoms with E-state index in [4.69, 9.17) is 37.4 Å². The van der Waals surface area contributed by atoms with Crippen molar-refractivity contribution in [1.82, 2.24) is 10.2 Å². The van der Waals surface area contributed by atoms with Crippen LogP contribution in [0.4, 0.5) is 13.2 Å². The molecule has 10 nitrogen and oxygen atoms in total. The fraction of sp³-hybridized carbons (Fsp3) is 0.410. The molecule has 0 amide bonds. The van der Waals surface area contributed by atoms with Crippen LogP contribution in [0.25, 0.3) is 0 Å². The van der Waals surface area contributed by atoms with E-state index in [1.807, 2.05) is 0 Å². The van der Waals surface area contributed by atoms with Gasteiger partial charge in [0.05, 0.1) is 6.61 Å². The van der Waals surface area contributed by atoms with Gasteiger partial charge in [0.25, 0.3) is 0 Å². The molecule has 1 aliphatic carbocycles. The SMILES string of the molecule is O=C(O)c1sc(CNC(C(=O)O[C@H]2CN3CCC2CC3)c2ccccc2F)cc1[C@@H](Cc1c(Cl)c[n+](O)cc1Cl)c1ccc(OC(F)F)c(OCC2CC2)c1. The number of pyridine rings is 1. The van der Waals surface area contributed by atoms with Crippen molar-refractivity contribution in [2.75, 3.05) is 26.2 Å². The van der Waals surface area contributed by atoms with Gasteiger partial charge in [0.2, 0.25) is 12.4 Å². The molecule has 8 rings (SSSR count). The third-order valence-electron chi connectivity index (χ3n) is 10.4. The second-order valence-electron chi connectivity index (χ2n) is 14.2. The van der Waals surface area contributed by atoms with E-state index >= 15 is 4.39 Å². The number of piperidine rings is 3. The van der Waals surface area contributed by atoms with Gasteiger partial charge < -0.3 is 19.3 Å². The van der Waals surface area contributed by atoms with Gasteiger partial charge in [-0.2, -0.15) is 8.78 Å². The highest BCUT2D eigenvalue weighted by Gasteiger charge is 2.38. The van der Waals surface area contributed by atoms with Crippen LogP contribution in [0.5, 0.6) is 11.5 Å². The standard InChI is InChI=1S/C39H38Cl2F3N3O7S/c40-29-17-47(51)18-30(41)28(29)15-26(23-7-8-32(54-39(43)44)33(13-23)52-20-21-5-6-21)27-14-24(55-36(27)37(48)49)16-45-35(25-3-1-2-4-31(25)42)38(50)53-34-19-46-11-9-22(34)10-12-46/h1-4,7-8,13-14,17-18,21-22,26,34-35,39,45H,5-6,9-12,15-16,19-20H2,(H-,48,49,51)/p+1/t26-,34-,35?/m0/s1. The Labute approximate surface area is 329 Å². The first-order chi connectivity index (χ1) is 26.4. The van der Waals surface area contributed by atoms with Gasteiger partial charge in [-0.15, -0.1) is 11.3 Å². The molecule has 0 spiro atoms. The Morgan fingerprint density at radius 1 is 1.00 bits per heavy atom. The number of benzene rings is 2. The highest BCUT2D eigenvalue weighted by Crippen LogP contribution is 2.42. The van der Waals surface area contributed by atoms with Gasteiger partial charge in [-0.25, -0.2) is 14.0 Å². The average Bonchev–Trinajstić information content (AvgIpc) is 3.88. The molecule has 4 aromatic rings. The number of alkyl halides is 2. The van der Waals surface area contributed by atoms with Crippen molar-refractivity contribution in [2.24, 2.45) is 11.8 Å². The molecule has 4 fully saturated rings. The van der Waals surface area contributed by atoms with E-state index in [-0.39, 0.29) is 62.9 Å². The van der Waals surface area contributed by atoms with Gasteiger partial charge in [0.1, 0.15) is 32.9 Å². The van der Waals surface area contributed by atoms with E-state index < -0.39 is 36.3 Å². The maximum Gasteiger partial charge on any atom is 0.387 e. The summed E-state index contributed by atoms with van der Waals surface area (Å²) in [6.07, 6.45) is 5.93. The number of nitrogens with one attached hydrogen (secondary N) is 1. The number of esters is 1. The Balaban J connectivity index is 1.23. The van der Waals surface area contributed by atoms with Gasteiger partial charge in [-0.1, -0.05) is 47.5 Å². The quantitative estimate of drug-likeness (QED) is 0.0595. The summed E-state index contributed by atoms with van der Waals surface area (Å²) >= 11 is 14.1. The van der Waals surface area contributed by atoms with Crippen molar-refractivity contribution in [3.05, 3.63) is 109 Å². The number of halogens is 5. The minimum atomic E-state index is -3.11. The van der Waals surface area contributed by atoms with Crippen LogP contribution in [-0.2, 0) is 22.5 Å². The number of aromatic nitrogens is 1. The Kier molecular flexibility index (Phi) is 12.1. The van der Waals surface area contributed by atoms with Crippen LogP contribution in [0.2, 0.25) is 10.0 Å². The zero-order valence-electron chi connectivity index (χ0n) is 29.4. The lowest BCUT2D eigenvalue weighted by molar-refractivity contribution is -0.904. The van der Waals surface area contributed by atoms with E-state index in [0.29, 0.717) is 39.4 Å². The van der Waals surface area contributed by atoms with Crippen LogP contribution in [0.1, 0.15) is 74.4 Å². The number of fused-ring (bicyclic) bond motifs is 3. The average molecular weight is 822 g/mol. The largest absolute Gasteiger partial charge is 0.489 e. The molecule has 3 N–H and O–H groups in total. The van der Waals surface area contributed by atoms with E-state index in [9.17, 15) is 28.7 Å². The molecule has 2 aromatic heterocycles. The normalized spacial score (nSPS) is 20.3. The van der Waals surface area contributed by atoms with Crippen molar-refractivity contribution in [3.8, 4) is 11.5 Å². The van der Waals surface area contributed by atoms with Crippen LogP contribution in [0.15, 0.2) is 60.9 Å². The summed E-state index contributed by atoms with van der Waals surface area (Å²) in [4.78, 5) is 29.4. The molecule has 2 bridgehead atoms. The molecule has 3 aliphatic heterocycles. The van der Waals surface area contributed by atoms with Crippen LogP contribution < -0.4 is 19.5 Å². The number of carboxylic acids is 1. The molecule has 0 radical (unpaired) electrons. The number of hydrogen-bond acceptors (Lipinski definition) is 9. The topological polar surface area (TPSA) is 121 Å². The summed E-state index contributed by atoms with van der Waals surface area (Å²) in [6.45, 7) is -0.319. The predicted molar refractivity (Wildman–Crippen MR) is 197 cm³/mol. The molecular formula is C39H39Cl2F3N3O7S+. The zero-order valence-corrected chi connectivity index (χ0v) is 31.8. The summed E-state index contributed by atoms with van der Waals surface area (Å²) in [5.74, 6) is -2.82. The first-order valence-corrected chi connectivity index (χ1v) is 19.6. The Bertz CT molecular complexity index is 2020. The number of thiophene rings is 1. The van der Waals surface area contributed by atoms with E-state index in [1.54, 1.807) is 24.3 Å². The molecule has 1 unspecified atom stereocenters. The van der Waals surface area contributed by atoms with Gasteiger partial charge in [0.15, 0.2) is 11.5 Å². The van der Waals surface area contributed by atoms with E-state index in [1.165, 1.54) is 36.7 Å². The fourth-order valence-corrected chi connectivity index (χ4v) is 8.97. The molecule has 55 heavy (non-hydrogen) atoms. The lowest BCUT2D eigenvalue weighted by atomic mass is 9.85.